The molecule has 3 aromatic heterocycles. The molecule has 0 spiro atoms. The van der Waals surface area contributed by atoms with E-state index in [1.807, 2.05) is 43.3 Å². The van der Waals surface area contributed by atoms with E-state index in [2.05, 4.69) is 53.2 Å². The number of benzene rings is 1. The van der Waals surface area contributed by atoms with Gasteiger partial charge in [-0.05, 0) is 84.2 Å². The number of fused-ring (bicyclic) bond motifs is 1. The van der Waals surface area contributed by atoms with Gasteiger partial charge in [-0.3, -0.25) is 15.3 Å². The summed E-state index contributed by atoms with van der Waals surface area (Å²) in [6.07, 6.45) is 5.16. The van der Waals surface area contributed by atoms with Gasteiger partial charge < -0.3 is 15.4 Å². The first kappa shape index (κ1) is 21.8. The van der Waals surface area contributed by atoms with Gasteiger partial charge in [0, 0.05) is 33.6 Å². The highest BCUT2D eigenvalue weighted by atomic mass is 127. The molecule has 1 aliphatic carbocycles. The van der Waals surface area contributed by atoms with E-state index in [9.17, 15) is 9.90 Å². The van der Waals surface area contributed by atoms with Gasteiger partial charge in [0.2, 0.25) is 5.95 Å². The molecule has 1 saturated carbocycles. The van der Waals surface area contributed by atoms with Gasteiger partial charge in [0.15, 0.2) is 0 Å². The zero-order valence-corrected chi connectivity index (χ0v) is 20.1. The second-order valence-corrected chi connectivity index (χ2v) is 9.24. The molecule has 0 saturated heterocycles. The molecule has 8 nitrogen and oxygen atoms in total. The number of pyridine rings is 2. The maximum Gasteiger partial charge on any atom is 0.321 e. The number of aromatic nitrogens is 4. The molecule has 4 aromatic rings. The van der Waals surface area contributed by atoms with E-state index in [1.54, 1.807) is 12.4 Å². The van der Waals surface area contributed by atoms with Crippen LogP contribution in [-0.2, 0) is 0 Å². The molecule has 3 heterocycles. The summed E-state index contributed by atoms with van der Waals surface area (Å²) in [7, 11) is 0. The smallest absolute Gasteiger partial charge is 0.321 e. The number of aliphatic hydroxyl groups is 1. The summed E-state index contributed by atoms with van der Waals surface area (Å²) in [5.41, 5.74) is 5.73. The Morgan fingerprint density at radius 1 is 1.24 bits per heavy atom. The molecule has 2 amide bonds. The molecular formula is C24H23IN6O2. The van der Waals surface area contributed by atoms with Crippen LogP contribution < -0.4 is 10.6 Å². The van der Waals surface area contributed by atoms with Crippen molar-refractivity contribution in [2.24, 2.45) is 5.92 Å². The van der Waals surface area contributed by atoms with Crippen LogP contribution in [-0.4, -0.2) is 37.6 Å². The molecule has 5 rings (SSSR count). The van der Waals surface area contributed by atoms with Crippen molar-refractivity contribution in [1.29, 1.82) is 0 Å². The van der Waals surface area contributed by atoms with Crippen LogP contribution in [0.5, 0.6) is 0 Å². The van der Waals surface area contributed by atoms with Crippen molar-refractivity contribution in [3.05, 3.63) is 58.1 Å². The fraction of sp³-hybridized carbons (Fsp3) is 0.250. The first-order chi connectivity index (χ1) is 16.0. The Balaban J connectivity index is 1.59. The topological polar surface area (TPSA) is 116 Å². The van der Waals surface area contributed by atoms with Gasteiger partial charge in [-0.2, -0.15) is 0 Å². The van der Waals surface area contributed by atoms with Crippen molar-refractivity contribution < 1.29 is 9.90 Å². The van der Waals surface area contributed by atoms with Crippen LogP contribution in [0.2, 0.25) is 0 Å². The van der Waals surface area contributed by atoms with Crippen LogP contribution in [0.15, 0.2) is 48.8 Å². The molecular weight excluding hydrogens is 531 g/mol. The number of nitrogens with zero attached hydrogens (tertiary/aromatic N) is 3. The van der Waals surface area contributed by atoms with Gasteiger partial charge in [-0.1, -0.05) is 6.07 Å². The number of hydrogen-bond donors (Lipinski definition) is 4. The minimum Gasteiger partial charge on any atom is -0.387 e. The maximum absolute atomic E-state index is 12.0. The second-order valence-electron chi connectivity index (χ2n) is 8.08. The Bertz CT molecular complexity index is 1320. The van der Waals surface area contributed by atoms with Crippen molar-refractivity contribution in [3.8, 4) is 22.4 Å². The third kappa shape index (κ3) is 4.55. The number of carbonyl (C=O) groups is 1. The monoisotopic (exact) mass is 554 g/mol. The summed E-state index contributed by atoms with van der Waals surface area (Å²) in [5, 5.41) is 15.8. The molecule has 9 heteroatoms. The minimum absolute atomic E-state index is 0.320. The van der Waals surface area contributed by atoms with Crippen molar-refractivity contribution >= 4 is 45.6 Å². The third-order valence-electron chi connectivity index (χ3n) is 5.66. The lowest BCUT2D eigenvalue weighted by molar-refractivity contribution is 0.149. The van der Waals surface area contributed by atoms with Crippen LogP contribution in [0, 0.1) is 9.49 Å². The lowest BCUT2D eigenvalue weighted by Gasteiger charge is -2.11. The van der Waals surface area contributed by atoms with Crippen LogP contribution in [0.3, 0.4) is 0 Å². The van der Waals surface area contributed by atoms with Crippen molar-refractivity contribution in [3.63, 3.8) is 0 Å². The highest BCUT2D eigenvalue weighted by Gasteiger charge is 2.31. The lowest BCUT2D eigenvalue weighted by atomic mass is 10.00. The molecule has 1 fully saturated rings. The van der Waals surface area contributed by atoms with Crippen molar-refractivity contribution in [2.45, 2.75) is 25.9 Å². The minimum atomic E-state index is -0.498. The summed E-state index contributed by atoms with van der Waals surface area (Å²) in [6, 6.07) is 11.5. The molecule has 0 radical (unpaired) electrons. The van der Waals surface area contributed by atoms with Crippen LogP contribution in [0.25, 0.3) is 33.4 Å². The third-order valence-corrected chi connectivity index (χ3v) is 6.53. The van der Waals surface area contributed by atoms with Crippen LogP contribution in [0.4, 0.5) is 10.7 Å². The average Bonchev–Trinajstić information content (AvgIpc) is 3.59. The average molecular weight is 554 g/mol. The summed E-state index contributed by atoms with van der Waals surface area (Å²) in [4.78, 5) is 28.9. The number of aliphatic hydroxyl groups excluding tert-OH is 1. The summed E-state index contributed by atoms with van der Waals surface area (Å²) >= 11 is 2.26. The predicted octanol–water partition coefficient (Wildman–Crippen LogP) is 4.88. The molecule has 168 valence electrons. The number of amides is 2. The fourth-order valence-electron chi connectivity index (χ4n) is 3.82. The van der Waals surface area contributed by atoms with Gasteiger partial charge in [0.25, 0.3) is 0 Å². The molecule has 4 N–H and O–H groups in total. The summed E-state index contributed by atoms with van der Waals surface area (Å²) in [5.74, 6) is 0.694. The van der Waals surface area contributed by atoms with Crippen LogP contribution >= 0.6 is 22.6 Å². The molecule has 1 atom stereocenters. The number of imidazole rings is 1. The van der Waals surface area contributed by atoms with Gasteiger partial charge in [-0.15, -0.1) is 0 Å². The fourth-order valence-corrected chi connectivity index (χ4v) is 4.46. The predicted molar refractivity (Wildman–Crippen MR) is 136 cm³/mol. The number of rotatable bonds is 6. The quantitative estimate of drug-likeness (QED) is 0.254. The van der Waals surface area contributed by atoms with Gasteiger partial charge in [0.1, 0.15) is 0 Å². The first-order valence-electron chi connectivity index (χ1n) is 10.9. The van der Waals surface area contributed by atoms with Gasteiger partial charge in [-0.25, -0.2) is 9.78 Å². The van der Waals surface area contributed by atoms with Crippen LogP contribution in [0.1, 0.15) is 31.6 Å². The van der Waals surface area contributed by atoms with E-state index in [1.165, 1.54) is 0 Å². The van der Waals surface area contributed by atoms with E-state index < -0.39 is 6.10 Å². The molecule has 33 heavy (non-hydrogen) atoms. The molecule has 1 aliphatic rings. The Hall–Kier alpha value is -3.05. The molecule has 1 unspecified atom stereocenters. The SMILES string of the molecule is CCNC(=O)Nc1nc2c(-c3ncccc3I)cc(-c3ccc(C(O)C4CC4)nc3)cc2[nH]1. The molecule has 0 aliphatic heterocycles. The van der Waals surface area contributed by atoms with E-state index >= 15 is 0 Å². The van der Waals surface area contributed by atoms with E-state index in [-0.39, 0.29) is 6.03 Å². The van der Waals surface area contributed by atoms with E-state index in [0.717, 1.165) is 49.8 Å². The normalized spacial score (nSPS) is 14.3. The highest BCUT2D eigenvalue weighted by Crippen LogP contribution is 2.40. The summed E-state index contributed by atoms with van der Waals surface area (Å²) in [6.45, 7) is 2.38. The van der Waals surface area contributed by atoms with E-state index in [4.69, 9.17) is 0 Å². The Morgan fingerprint density at radius 2 is 2.09 bits per heavy atom. The number of halogens is 1. The Morgan fingerprint density at radius 3 is 2.79 bits per heavy atom. The van der Waals surface area contributed by atoms with Gasteiger partial charge >= 0.3 is 6.03 Å². The van der Waals surface area contributed by atoms with Gasteiger partial charge in [0.05, 0.1) is 28.5 Å². The van der Waals surface area contributed by atoms with Crippen molar-refractivity contribution in [2.75, 3.05) is 11.9 Å². The molecule has 0 bridgehead atoms. The Labute approximate surface area is 204 Å². The number of hydrogen-bond acceptors (Lipinski definition) is 5. The zero-order chi connectivity index (χ0) is 22.9. The second kappa shape index (κ2) is 9.06. The lowest BCUT2D eigenvalue weighted by Crippen LogP contribution is -2.28. The number of urea groups is 1. The largest absolute Gasteiger partial charge is 0.387 e. The number of H-pyrrole nitrogens is 1. The highest BCUT2D eigenvalue weighted by molar-refractivity contribution is 14.1. The standard InChI is InChI=1S/C24H23IN6O2/c1-2-26-24(33)31-23-29-19-11-15(14-7-8-18(28-12-14)22(32)13-5-6-13)10-16(21(19)30-23)20-17(25)4-3-9-27-20/h3-4,7-13,22,32H,2,5-6H2,1H3,(H3,26,29,30,31,33). The van der Waals surface area contributed by atoms with E-state index in [0.29, 0.717) is 24.1 Å². The zero-order valence-electron chi connectivity index (χ0n) is 18.0. The number of nitrogens with one attached hydrogen (secondary N) is 3. The van der Waals surface area contributed by atoms with Crippen molar-refractivity contribution in [1.82, 2.24) is 25.3 Å². The number of aromatic amines is 1. The maximum atomic E-state index is 12.0. The first-order valence-corrected chi connectivity index (χ1v) is 11.9. The number of carbonyl (C=O) groups excluding carboxylic acids is 1. The molecule has 1 aromatic carbocycles. The number of anilines is 1. The Kier molecular flexibility index (Phi) is 5.98. The summed E-state index contributed by atoms with van der Waals surface area (Å²) < 4.78 is 0.996.